The van der Waals surface area contributed by atoms with Crippen molar-refractivity contribution in [1.29, 1.82) is 0 Å². The molecule has 0 heterocycles. The molecule has 0 saturated heterocycles. The summed E-state index contributed by atoms with van der Waals surface area (Å²) in [6.45, 7) is 4.21. The van der Waals surface area contributed by atoms with E-state index >= 15 is 0 Å². The van der Waals surface area contributed by atoms with Gasteiger partial charge in [-0.15, -0.1) is 0 Å². The fourth-order valence-corrected chi connectivity index (χ4v) is 1.72. The molecule has 1 aromatic carbocycles. The molecular weight excluding hydrogens is 160 g/mol. The van der Waals surface area contributed by atoms with Crippen molar-refractivity contribution < 1.29 is 5.11 Å². The molecule has 13 heavy (non-hydrogen) atoms. The highest BCUT2D eigenvalue weighted by atomic mass is 16.3. The Labute approximate surface area is 79.4 Å². The minimum absolute atomic E-state index is 0.410. The molecule has 1 aliphatic rings. The molecule has 1 aliphatic carbocycles. The Hall–Kier alpha value is -0.980. The van der Waals surface area contributed by atoms with Crippen LogP contribution in [0.1, 0.15) is 49.7 Å². The number of benzene rings is 1. The third kappa shape index (κ3) is 1.69. The summed E-state index contributed by atoms with van der Waals surface area (Å²) in [7, 11) is 0. The molecule has 2 rings (SSSR count). The highest BCUT2D eigenvalue weighted by Gasteiger charge is 2.24. The molecule has 0 aromatic heterocycles. The van der Waals surface area contributed by atoms with Crippen LogP contribution in [0, 0.1) is 0 Å². The SMILES string of the molecule is CC(C)c1ccc(C2CC2)cc1O. The molecule has 70 valence electrons. The summed E-state index contributed by atoms with van der Waals surface area (Å²) >= 11 is 0. The number of aromatic hydroxyl groups is 1. The summed E-state index contributed by atoms with van der Waals surface area (Å²) in [5.74, 6) is 1.61. The second kappa shape index (κ2) is 3.06. The Morgan fingerprint density at radius 3 is 2.46 bits per heavy atom. The smallest absolute Gasteiger partial charge is 0.119 e. The molecule has 1 aromatic rings. The van der Waals surface area contributed by atoms with E-state index in [0.29, 0.717) is 11.7 Å². The van der Waals surface area contributed by atoms with Crippen molar-refractivity contribution in [3.05, 3.63) is 29.3 Å². The van der Waals surface area contributed by atoms with E-state index in [2.05, 4.69) is 26.0 Å². The molecule has 1 nitrogen and oxygen atoms in total. The van der Waals surface area contributed by atoms with Crippen LogP contribution in [-0.4, -0.2) is 5.11 Å². The lowest BCUT2D eigenvalue weighted by Crippen LogP contribution is -1.89. The van der Waals surface area contributed by atoms with Gasteiger partial charge in [0.15, 0.2) is 0 Å². The van der Waals surface area contributed by atoms with Crippen molar-refractivity contribution >= 4 is 0 Å². The van der Waals surface area contributed by atoms with E-state index in [9.17, 15) is 5.11 Å². The molecule has 0 aliphatic heterocycles. The fourth-order valence-electron chi connectivity index (χ4n) is 1.72. The Bertz CT molecular complexity index is 311. The van der Waals surface area contributed by atoms with Crippen LogP contribution in [0.15, 0.2) is 18.2 Å². The maximum atomic E-state index is 9.74. The van der Waals surface area contributed by atoms with Gasteiger partial charge in [0, 0.05) is 0 Å². The van der Waals surface area contributed by atoms with Crippen LogP contribution in [0.2, 0.25) is 0 Å². The van der Waals surface area contributed by atoms with E-state index in [1.54, 1.807) is 0 Å². The van der Waals surface area contributed by atoms with E-state index in [4.69, 9.17) is 0 Å². The van der Waals surface area contributed by atoms with Crippen LogP contribution >= 0.6 is 0 Å². The predicted octanol–water partition coefficient (Wildman–Crippen LogP) is 3.39. The molecule has 1 heteroatoms. The molecular formula is C12H16O. The van der Waals surface area contributed by atoms with Crippen molar-refractivity contribution in [2.24, 2.45) is 0 Å². The summed E-state index contributed by atoms with van der Waals surface area (Å²) in [6, 6.07) is 6.16. The van der Waals surface area contributed by atoms with Crippen molar-refractivity contribution in [3.8, 4) is 5.75 Å². The third-order valence-corrected chi connectivity index (χ3v) is 2.73. The lowest BCUT2D eigenvalue weighted by molar-refractivity contribution is 0.464. The minimum atomic E-state index is 0.410. The molecule has 0 atom stereocenters. The van der Waals surface area contributed by atoms with Crippen LogP contribution < -0.4 is 0 Å². The monoisotopic (exact) mass is 176 g/mol. The van der Waals surface area contributed by atoms with Gasteiger partial charge in [0.05, 0.1) is 0 Å². The molecule has 0 amide bonds. The van der Waals surface area contributed by atoms with Gasteiger partial charge in [-0.3, -0.25) is 0 Å². The summed E-state index contributed by atoms with van der Waals surface area (Å²) in [4.78, 5) is 0. The number of rotatable bonds is 2. The zero-order chi connectivity index (χ0) is 9.42. The molecule has 1 saturated carbocycles. The van der Waals surface area contributed by atoms with Gasteiger partial charge in [-0.1, -0.05) is 26.0 Å². The molecule has 0 unspecified atom stereocenters. The highest BCUT2D eigenvalue weighted by Crippen LogP contribution is 2.42. The van der Waals surface area contributed by atoms with Gasteiger partial charge >= 0.3 is 0 Å². The van der Waals surface area contributed by atoms with Gasteiger partial charge in [0.25, 0.3) is 0 Å². The van der Waals surface area contributed by atoms with Crippen LogP contribution in [0.4, 0.5) is 0 Å². The second-order valence-corrected chi connectivity index (χ2v) is 4.25. The number of phenols is 1. The van der Waals surface area contributed by atoms with E-state index < -0.39 is 0 Å². The van der Waals surface area contributed by atoms with Gasteiger partial charge in [0.1, 0.15) is 5.75 Å². The Morgan fingerprint density at radius 1 is 1.31 bits per heavy atom. The van der Waals surface area contributed by atoms with Gasteiger partial charge in [-0.05, 0) is 41.9 Å². The van der Waals surface area contributed by atoms with E-state index in [1.807, 2.05) is 6.07 Å². The van der Waals surface area contributed by atoms with Crippen molar-refractivity contribution in [3.63, 3.8) is 0 Å². The zero-order valence-corrected chi connectivity index (χ0v) is 8.25. The zero-order valence-electron chi connectivity index (χ0n) is 8.25. The van der Waals surface area contributed by atoms with E-state index in [-0.39, 0.29) is 0 Å². The summed E-state index contributed by atoms with van der Waals surface area (Å²) in [5, 5.41) is 9.74. The first kappa shape index (κ1) is 8.61. The molecule has 0 spiro atoms. The van der Waals surface area contributed by atoms with E-state index in [1.165, 1.54) is 18.4 Å². The van der Waals surface area contributed by atoms with Gasteiger partial charge < -0.3 is 5.11 Å². The first-order chi connectivity index (χ1) is 6.18. The standard InChI is InChI=1S/C12H16O/c1-8(2)11-6-5-10(7-12(11)13)9-3-4-9/h5-9,13H,3-4H2,1-2H3. The maximum absolute atomic E-state index is 9.74. The van der Waals surface area contributed by atoms with Crippen LogP contribution in [-0.2, 0) is 0 Å². The van der Waals surface area contributed by atoms with Crippen molar-refractivity contribution in [2.75, 3.05) is 0 Å². The Balaban J connectivity index is 2.31. The van der Waals surface area contributed by atoms with Crippen LogP contribution in [0.5, 0.6) is 5.75 Å². The lowest BCUT2D eigenvalue weighted by Gasteiger charge is -2.09. The summed E-state index contributed by atoms with van der Waals surface area (Å²) in [5.41, 5.74) is 2.37. The highest BCUT2D eigenvalue weighted by molar-refractivity contribution is 5.40. The Kier molecular flexibility index (Phi) is 2.03. The molecule has 0 bridgehead atoms. The maximum Gasteiger partial charge on any atom is 0.119 e. The van der Waals surface area contributed by atoms with Gasteiger partial charge in [0.2, 0.25) is 0 Å². The fraction of sp³-hybridized carbons (Fsp3) is 0.500. The third-order valence-electron chi connectivity index (χ3n) is 2.73. The quantitative estimate of drug-likeness (QED) is 0.732. The van der Waals surface area contributed by atoms with Gasteiger partial charge in [-0.2, -0.15) is 0 Å². The summed E-state index contributed by atoms with van der Waals surface area (Å²) in [6.07, 6.45) is 2.58. The number of hydrogen-bond acceptors (Lipinski definition) is 1. The average Bonchev–Trinajstić information content (AvgIpc) is 2.85. The summed E-state index contributed by atoms with van der Waals surface area (Å²) < 4.78 is 0. The first-order valence-corrected chi connectivity index (χ1v) is 5.01. The molecule has 1 N–H and O–H groups in total. The van der Waals surface area contributed by atoms with Gasteiger partial charge in [-0.25, -0.2) is 0 Å². The second-order valence-electron chi connectivity index (χ2n) is 4.25. The normalized spacial score (nSPS) is 16.5. The minimum Gasteiger partial charge on any atom is -0.508 e. The topological polar surface area (TPSA) is 20.2 Å². The molecule has 1 fully saturated rings. The lowest BCUT2D eigenvalue weighted by atomic mass is 9.99. The predicted molar refractivity (Wildman–Crippen MR) is 54.2 cm³/mol. The largest absolute Gasteiger partial charge is 0.508 e. The number of phenolic OH excluding ortho intramolecular Hbond substituents is 1. The Morgan fingerprint density at radius 2 is 2.00 bits per heavy atom. The van der Waals surface area contributed by atoms with Crippen LogP contribution in [0.3, 0.4) is 0 Å². The first-order valence-electron chi connectivity index (χ1n) is 5.01. The van der Waals surface area contributed by atoms with Crippen molar-refractivity contribution in [1.82, 2.24) is 0 Å². The average molecular weight is 176 g/mol. The van der Waals surface area contributed by atoms with E-state index in [0.717, 1.165) is 11.5 Å². The number of hydrogen-bond donors (Lipinski definition) is 1. The van der Waals surface area contributed by atoms with Crippen molar-refractivity contribution in [2.45, 2.75) is 38.5 Å². The van der Waals surface area contributed by atoms with Crippen LogP contribution in [0.25, 0.3) is 0 Å². The molecule has 0 radical (unpaired) electrons.